The standard InChI is InChI=1S/C9H7BrClN3O/c10-8-5-7(11)4-6(9(8)15)2-1-3-13-14-12/h1-2,4-5,15H,3H2. The van der Waals surface area contributed by atoms with Crippen LogP contribution in [-0.2, 0) is 0 Å². The maximum atomic E-state index is 9.62. The minimum absolute atomic E-state index is 0.108. The van der Waals surface area contributed by atoms with Gasteiger partial charge in [-0.05, 0) is 33.6 Å². The van der Waals surface area contributed by atoms with Gasteiger partial charge in [0.05, 0.1) is 4.47 Å². The minimum Gasteiger partial charge on any atom is -0.506 e. The predicted octanol–water partition coefficient (Wildman–Crippen LogP) is 4.13. The Bertz CT molecular complexity index is 441. The molecule has 0 fully saturated rings. The average molecular weight is 289 g/mol. The smallest absolute Gasteiger partial charge is 0.137 e. The van der Waals surface area contributed by atoms with Crippen LogP contribution in [0.5, 0.6) is 5.75 Å². The third-order valence-corrected chi connectivity index (χ3v) is 2.43. The summed E-state index contributed by atoms with van der Waals surface area (Å²) in [4.78, 5) is 2.60. The molecule has 0 saturated heterocycles. The van der Waals surface area contributed by atoms with Crippen LogP contribution in [0.3, 0.4) is 0 Å². The number of hydrogen-bond donors (Lipinski definition) is 1. The molecular formula is C9H7BrClN3O. The van der Waals surface area contributed by atoms with E-state index in [1.807, 2.05) is 0 Å². The van der Waals surface area contributed by atoms with Gasteiger partial charge >= 0.3 is 0 Å². The first-order valence-electron chi connectivity index (χ1n) is 4.00. The number of phenols is 1. The van der Waals surface area contributed by atoms with Crippen LogP contribution < -0.4 is 0 Å². The van der Waals surface area contributed by atoms with Crippen molar-refractivity contribution in [3.8, 4) is 5.75 Å². The van der Waals surface area contributed by atoms with E-state index in [0.717, 1.165) is 0 Å². The number of hydrogen-bond acceptors (Lipinski definition) is 2. The summed E-state index contributed by atoms with van der Waals surface area (Å²) in [5, 5.41) is 13.5. The number of benzene rings is 1. The lowest BCUT2D eigenvalue weighted by atomic mass is 10.2. The Morgan fingerprint density at radius 3 is 3.00 bits per heavy atom. The molecule has 0 aliphatic heterocycles. The molecule has 0 saturated carbocycles. The maximum Gasteiger partial charge on any atom is 0.137 e. The molecule has 78 valence electrons. The van der Waals surface area contributed by atoms with Crippen molar-refractivity contribution < 1.29 is 5.11 Å². The first-order valence-corrected chi connectivity index (χ1v) is 5.17. The van der Waals surface area contributed by atoms with Crippen molar-refractivity contribution in [2.24, 2.45) is 5.11 Å². The second kappa shape index (κ2) is 5.66. The fourth-order valence-electron chi connectivity index (χ4n) is 0.976. The second-order valence-electron chi connectivity index (χ2n) is 2.64. The summed E-state index contributed by atoms with van der Waals surface area (Å²) in [5.41, 5.74) is 8.62. The molecule has 0 radical (unpaired) electrons. The second-order valence-corrected chi connectivity index (χ2v) is 3.93. The van der Waals surface area contributed by atoms with Crippen molar-refractivity contribution in [3.63, 3.8) is 0 Å². The molecule has 0 unspecified atom stereocenters. The molecule has 1 rings (SSSR count). The number of phenolic OH excluding ortho intramolecular Hbond substituents is 1. The quantitative estimate of drug-likeness (QED) is 0.507. The molecule has 1 N–H and O–H groups in total. The summed E-state index contributed by atoms with van der Waals surface area (Å²) in [5.74, 6) is 0.108. The van der Waals surface area contributed by atoms with Gasteiger partial charge in [-0.15, -0.1) is 0 Å². The zero-order chi connectivity index (χ0) is 11.3. The highest BCUT2D eigenvalue weighted by Crippen LogP contribution is 2.32. The predicted molar refractivity (Wildman–Crippen MR) is 63.9 cm³/mol. The van der Waals surface area contributed by atoms with Gasteiger partial charge in [0.1, 0.15) is 5.75 Å². The summed E-state index contributed by atoms with van der Waals surface area (Å²) in [7, 11) is 0. The van der Waals surface area contributed by atoms with Crippen LogP contribution in [0.2, 0.25) is 5.02 Å². The lowest BCUT2D eigenvalue weighted by Crippen LogP contribution is -1.78. The Morgan fingerprint density at radius 2 is 2.33 bits per heavy atom. The lowest BCUT2D eigenvalue weighted by Gasteiger charge is -2.02. The molecule has 0 atom stereocenters. The Balaban J connectivity index is 2.94. The Morgan fingerprint density at radius 1 is 1.60 bits per heavy atom. The van der Waals surface area contributed by atoms with E-state index < -0.39 is 0 Å². The van der Waals surface area contributed by atoms with E-state index >= 15 is 0 Å². The van der Waals surface area contributed by atoms with Gasteiger partial charge in [-0.3, -0.25) is 0 Å². The highest BCUT2D eigenvalue weighted by atomic mass is 79.9. The largest absolute Gasteiger partial charge is 0.506 e. The van der Waals surface area contributed by atoms with Gasteiger partial charge in [0.25, 0.3) is 0 Å². The first kappa shape index (κ1) is 11.9. The zero-order valence-electron chi connectivity index (χ0n) is 7.56. The van der Waals surface area contributed by atoms with Gasteiger partial charge in [-0.1, -0.05) is 28.9 Å². The third kappa shape index (κ3) is 3.47. The molecule has 0 bridgehead atoms. The summed E-state index contributed by atoms with van der Waals surface area (Å²) < 4.78 is 0.526. The molecule has 6 heteroatoms. The van der Waals surface area contributed by atoms with Gasteiger partial charge in [0, 0.05) is 22.0 Å². The van der Waals surface area contributed by atoms with Gasteiger partial charge in [0.2, 0.25) is 0 Å². The van der Waals surface area contributed by atoms with Crippen LogP contribution in [-0.4, -0.2) is 11.7 Å². The van der Waals surface area contributed by atoms with Crippen LogP contribution in [0, 0.1) is 0 Å². The van der Waals surface area contributed by atoms with Gasteiger partial charge < -0.3 is 5.11 Å². The van der Waals surface area contributed by atoms with Gasteiger partial charge in [-0.2, -0.15) is 0 Å². The van der Waals surface area contributed by atoms with Crippen LogP contribution in [0.25, 0.3) is 16.5 Å². The van der Waals surface area contributed by atoms with Crippen LogP contribution in [0.1, 0.15) is 5.56 Å². The Hall–Kier alpha value is -1.16. The van der Waals surface area contributed by atoms with E-state index in [-0.39, 0.29) is 12.3 Å². The zero-order valence-corrected chi connectivity index (χ0v) is 9.90. The molecule has 0 spiro atoms. The highest BCUT2D eigenvalue weighted by Gasteiger charge is 2.04. The summed E-state index contributed by atoms with van der Waals surface area (Å²) in [6.07, 6.45) is 3.28. The van der Waals surface area contributed by atoms with E-state index in [4.69, 9.17) is 17.1 Å². The third-order valence-electron chi connectivity index (χ3n) is 1.61. The van der Waals surface area contributed by atoms with E-state index in [1.165, 1.54) is 0 Å². The molecule has 15 heavy (non-hydrogen) atoms. The molecule has 4 nitrogen and oxygen atoms in total. The molecule has 0 aliphatic rings. The highest BCUT2D eigenvalue weighted by molar-refractivity contribution is 9.10. The van der Waals surface area contributed by atoms with E-state index in [1.54, 1.807) is 24.3 Å². The maximum absolute atomic E-state index is 9.62. The molecule has 1 aromatic carbocycles. The van der Waals surface area contributed by atoms with E-state index in [9.17, 15) is 5.11 Å². The fourth-order valence-corrected chi connectivity index (χ4v) is 1.81. The number of aromatic hydroxyl groups is 1. The van der Waals surface area contributed by atoms with Gasteiger partial charge in [0.15, 0.2) is 0 Å². The Kier molecular flexibility index (Phi) is 4.49. The van der Waals surface area contributed by atoms with Crippen LogP contribution in [0.4, 0.5) is 0 Å². The SMILES string of the molecule is [N-]=[N+]=NCC=Cc1cc(Cl)cc(Br)c1O. The molecular weight excluding hydrogens is 281 g/mol. The molecule has 1 aromatic rings. The first-order chi connectivity index (χ1) is 7.15. The molecule has 0 aliphatic carbocycles. The van der Waals surface area contributed by atoms with Crippen molar-refractivity contribution in [1.29, 1.82) is 0 Å². The van der Waals surface area contributed by atoms with Crippen LogP contribution >= 0.6 is 27.5 Å². The number of azide groups is 1. The van der Waals surface area contributed by atoms with E-state index in [2.05, 4.69) is 26.0 Å². The molecule has 0 aromatic heterocycles. The normalized spacial score (nSPS) is 10.3. The summed E-state index contributed by atoms with van der Waals surface area (Å²) in [6.45, 7) is 0.236. The average Bonchev–Trinajstić information content (AvgIpc) is 2.19. The molecule has 0 amide bonds. The van der Waals surface area contributed by atoms with Gasteiger partial charge in [-0.25, -0.2) is 0 Å². The minimum atomic E-state index is 0.108. The van der Waals surface area contributed by atoms with Crippen molar-refractivity contribution >= 4 is 33.6 Å². The number of rotatable bonds is 3. The number of halogens is 2. The fraction of sp³-hybridized carbons (Fsp3) is 0.111. The summed E-state index contributed by atoms with van der Waals surface area (Å²) >= 11 is 8.97. The van der Waals surface area contributed by atoms with Crippen molar-refractivity contribution in [3.05, 3.63) is 43.7 Å². The van der Waals surface area contributed by atoms with Crippen LogP contribution in [0.15, 0.2) is 27.8 Å². The Labute approximate surface area is 99.9 Å². The van der Waals surface area contributed by atoms with E-state index in [0.29, 0.717) is 15.1 Å². The van der Waals surface area contributed by atoms with Crippen molar-refractivity contribution in [2.45, 2.75) is 0 Å². The number of nitrogens with zero attached hydrogens (tertiary/aromatic N) is 3. The van der Waals surface area contributed by atoms with Crippen molar-refractivity contribution in [1.82, 2.24) is 0 Å². The van der Waals surface area contributed by atoms with Crippen molar-refractivity contribution in [2.75, 3.05) is 6.54 Å². The summed E-state index contributed by atoms with van der Waals surface area (Å²) in [6, 6.07) is 3.22. The molecule has 0 heterocycles. The monoisotopic (exact) mass is 287 g/mol. The lowest BCUT2D eigenvalue weighted by molar-refractivity contribution is 0.470. The topological polar surface area (TPSA) is 69.0 Å².